The summed E-state index contributed by atoms with van der Waals surface area (Å²) in [5.41, 5.74) is 0. The lowest BCUT2D eigenvalue weighted by Crippen LogP contribution is -2.40. The van der Waals surface area contributed by atoms with E-state index in [-0.39, 0.29) is 25.2 Å². The topological polar surface area (TPSA) is 104 Å². The molecule has 6 heteroatoms. The Hall–Kier alpha value is -2.11. The minimum absolute atomic E-state index is 0.0927. The van der Waals surface area contributed by atoms with Crippen LogP contribution in [0, 0.1) is 0 Å². The lowest BCUT2D eigenvalue weighted by atomic mass is 10.1. The fraction of sp³-hybridized carbons (Fsp3) is 0.708. The number of hydrogen-bond acceptors (Lipinski definition) is 3. The molecule has 0 spiro atoms. The van der Waals surface area contributed by atoms with E-state index >= 15 is 0 Å². The Balaban J connectivity index is 3.64. The summed E-state index contributed by atoms with van der Waals surface area (Å²) in [7, 11) is 0. The highest BCUT2D eigenvalue weighted by Gasteiger charge is 2.19. The Labute approximate surface area is 181 Å². The van der Waals surface area contributed by atoms with Crippen molar-refractivity contribution in [3.63, 3.8) is 0 Å². The molecule has 0 bridgehead atoms. The van der Waals surface area contributed by atoms with Gasteiger partial charge in [-0.05, 0) is 51.4 Å². The van der Waals surface area contributed by atoms with E-state index < -0.39 is 18.0 Å². The molecule has 0 aliphatic carbocycles. The van der Waals surface area contributed by atoms with Crippen molar-refractivity contribution in [3.05, 3.63) is 24.3 Å². The first-order valence-electron chi connectivity index (χ1n) is 11.5. The number of carbonyl (C=O) groups excluding carboxylic acids is 1. The average Bonchev–Trinajstić information content (AvgIpc) is 2.69. The van der Waals surface area contributed by atoms with Crippen molar-refractivity contribution >= 4 is 17.8 Å². The molecule has 0 radical (unpaired) electrons. The number of nitrogens with one attached hydrogen (secondary N) is 1. The van der Waals surface area contributed by atoms with Crippen LogP contribution in [-0.2, 0) is 14.4 Å². The highest BCUT2D eigenvalue weighted by atomic mass is 16.4. The summed E-state index contributed by atoms with van der Waals surface area (Å²) in [4.78, 5) is 33.5. The first-order valence-corrected chi connectivity index (χ1v) is 11.5. The Bertz CT molecular complexity index is 528. The molecule has 1 atom stereocenters. The second kappa shape index (κ2) is 20.2. The molecule has 0 aromatic rings. The predicted octanol–water partition coefficient (Wildman–Crippen LogP) is 5.62. The molecule has 0 heterocycles. The number of rotatable bonds is 20. The van der Waals surface area contributed by atoms with Crippen LogP contribution in [-0.4, -0.2) is 34.1 Å². The molecule has 0 rings (SSSR count). The van der Waals surface area contributed by atoms with E-state index in [1.54, 1.807) is 0 Å². The van der Waals surface area contributed by atoms with Gasteiger partial charge in [0.05, 0.1) is 0 Å². The fourth-order valence-corrected chi connectivity index (χ4v) is 3.08. The molecule has 0 saturated heterocycles. The van der Waals surface area contributed by atoms with Gasteiger partial charge >= 0.3 is 11.9 Å². The van der Waals surface area contributed by atoms with Crippen molar-refractivity contribution in [1.29, 1.82) is 0 Å². The van der Waals surface area contributed by atoms with E-state index in [4.69, 9.17) is 10.2 Å². The molecule has 0 aromatic carbocycles. The van der Waals surface area contributed by atoms with Crippen LogP contribution in [0.1, 0.15) is 103 Å². The minimum atomic E-state index is -1.12. The van der Waals surface area contributed by atoms with E-state index in [1.807, 2.05) is 0 Å². The second-order valence-corrected chi connectivity index (χ2v) is 7.73. The normalized spacial score (nSPS) is 12.4. The summed E-state index contributed by atoms with van der Waals surface area (Å²) >= 11 is 0. The Morgan fingerprint density at radius 2 is 1.37 bits per heavy atom. The summed E-state index contributed by atoms with van der Waals surface area (Å²) in [6.07, 6.45) is 21.7. The van der Waals surface area contributed by atoms with E-state index in [0.29, 0.717) is 6.42 Å². The summed E-state index contributed by atoms with van der Waals surface area (Å²) in [5, 5.41) is 20.2. The first-order chi connectivity index (χ1) is 14.5. The summed E-state index contributed by atoms with van der Waals surface area (Å²) < 4.78 is 0. The molecule has 0 aliphatic heterocycles. The number of carboxylic acid groups (broad SMARTS) is 2. The Morgan fingerprint density at radius 3 is 1.97 bits per heavy atom. The smallest absolute Gasteiger partial charge is 0.326 e. The number of carbonyl (C=O) groups is 3. The summed E-state index contributed by atoms with van der Waals surface area (Å²) in [6, 6.07) is -1.00. The molecule has 30 heavy (non-hydrogen) atoms. The average molecular weight is 424 g/mol. The van der Waals surface area contributed by atoms with E-state index in [2.05, 4.69) is 36.5 Å². The fourth-order valence-electron chi connectivity index (χ4n) is 3.08. The van der Waals surface area contributed by atoms with Crippen LogP contribution in [0.25, 0.3) is 0 Å². The number of carboxylic acids is 2. The monoisotopic (exact) mass is 423 g/mol. The summed E-state index contributed by atoms with van der Waals surface area (Å²) in [5.74, 6) is -2.35. The van der Waals surface area contributed by atoms with Crippen LogP contribution in [0.15, 0.2) is 24.3 Å². The zero-order valence-corrected chi connectivity index (χ0v) is 18.6. The van der Waals surface area contributed by atoms with Crippen LogP contribution in [0.4, 0.5) is 0 Å². The molecule has 0 aromatic heterocycles. The maximum Gasteiger partial charge on any atom is 0.326 e. The maximum absolute atomic E-state index is 11.9. The quantitative estimate of drug-likeness (QED) is 0.174. The third-order valence-electron chi connectivity index (χ3n) is 4.87. The zero-order valence-electron chi connectivity index (χ0n) is 18.6. The van der Waals surface area contributed by atoms with Crippen LogP contribution < -0.4 is 5.32 Å². The largest absolute Gasteiger partial charge is 0.481 e. The van der Waals surface area contributed by atoms with Gasteiger partial charge in [-0.25, -0.2) is 4.79 Å². The highest BCUT2D eigenvalue weighted by Crippen LogP contribution is 2.09. The lowest BCUT2D eigenvalue weighted by Gasteiger charge is -2.14. The van der Waals surface area contributed by atoms with Crippen LogP contribution in [0.2, 0.25) is 0 Å². The van der Waals surface area contributed by atoms with Crippen LogP contribution in [0.5, 0.6) is 0 Å². The van der Waals surface area contributed by atoms with Gasteiger partial charge in [0, 0.05) is 12.8 Å². The number of unbranched alkanes of at least 4 members (excludes halogenated alkanes) is 8. The van der Waals surface area contributed by atoms with Gasteiger partial charge in [-0.15, -0.1) is 0 Å². The molecule has 6 nitrogen and oxygen atoms in total. The van der Waals surface area contributed by atoms with Gasteiger partial charge in [0.1, 0.15) is 6.04 Å². The van der Waals surface area contributed by atoms with Crippen molar-refractivity contribution in [1.82, 2.24) is 5.32 Å². The minimum Gasteiger partial charge on any atom is -0.481 e. The standard InChI is InChI=1S/C24H41NO5/c1-2-3-4-5-6-7-8-9-10-11-12-13-14-15-16-19-22(26)25-21(24(29)30)18-17-20-23(27)28/h6-7,9-10,21H,2-5,8,11-20H2,1H3,(H,25,26)(H,27,28)(H,29,30)/b7-6-,10-9-/t21-/m1/s1. The number of hydrogen-bond donors (Lipinski definition) is 3. The molecule has 0 unspecified atom stereocenters. The van der Waals surface area contributed by atoms with Crippen molar-refractivity contribution in [3.8, 4) is 0 Å². The van der Waals surface area contributed by atoms with Crippen molar-refractivity contribution < 1.29 is 24.6 Å². The molecule has 0 fully saturated rings. The second-order valence-electron chi connectivity index (χ2n) is 7.73. The molecule has 3 N–H and O–H groups in total. The van der Waals surface area contributed by atoms with Gasteiger partial charge in [-0.2, -0.15) is 0 Å². The number of aliphatic carboxylic acids is 2. The third kappa shape index (κ3) is 19.2. The number of amides is 1. The molecule has 172 valence electrons. The molecular weight excluding hydrogens is 382 g/mol. The van der Waals surface area contributed by atoms with Crippen molar-refractivity contribution in [2.24, 2.45) is 0 Å². The summed E-state index contributed by atoms with van der Waals surface area (Å²) in [6.45, 7) is 2.22. The lowest BCUT2D eigenvalue weighted by molar-refractivity contribution is -0.142. The zero-order chi connectivity index (χ0) is 22.5. The molecule has 1 amide bonds. The van der Waals surface area contributed by atoms with Gasteiger partial charge in [0.15, 0.2) is 0 Å². The van der Waals surface area contributed by atoms with Gasteiger partial charge in [-0.3, -0.25) is 9.59 Å². The van der Waals surface area contributed by atoms with Gasteiger partial charge < -0.3 is 15.5 Å². The SMILES string of the molecule is CCCCC/C=C\C/C=C\CCCCCCCC(=O)N[C@H](CCCC(=O)O)C(=O)O. The third-order valence-corrected chi connectivity index (χ3v) is 4.87. The predicted molar refractivity (Wildman–Crippen MR) is 120 cm³/mol. The van der Waals surface area contributed by atoms with Crippen LogP contribution in [0.3, 0.4) is 0 Å². The van der Waals surface area contributed by atoms with E-state index in [9.17, 15) is 14.4 Å². The van der Waals surface area contributed by atoms with Crippen molar-refractivity contribution in [2.45, 2.75) is 109 Å². The van der Waals surface area contributed by atoms with E-state index in [0.717, 1.165) is 44.9 Å². The molecular formula is C24H41NO5. The van der Waals surface area contributed by atoms with Crippen molar-refractivity contribution in [2.75, 3.05) is 0 Å². The molecule has 0 aliphatic rings. The maximum atomic E-state index is 11.9. The molecule has 0 saturated carbocycles. The Kier molecular flexibility index (Phi) is 18.8. The first kappa shape index (κ1) is 27.9. The highest BCUT2D eigenvalue weighted by molar-refractivity contribution is 5.83. The van der Waals surface area contributed by atoms with Gasteiger partial charge in [-0.1, -0.05) is 63.3 Å². The van der Waals surface area contributed by atoms with E-state index in [1.165, 1.54) is 25.7 Å². The van der Waals surface area contributed by atoms with Gasteiger partial charge in [0.25, 0.3) is 0 Å². The number of allylic oxidation sites excluding steroid dienone is 4. The Morgan fingerprint density at radius 1 is 0.767 bits per heavy atom. The van der Waals surface area contributed by atoms with Crippen LogP contribution >= 0.6 is 0 Å². The van der Waals surface area contributed by atoms with Gasteiger partial charge in [0.2, 0.25) is 5.91 Å².